The average molecular weight is 589 g/mol. The molecule has 1 amide bonds. The van der Waals surface area contributed by atoms with Gasteiger partial charge in [0.15, 0.2) is 0 Å². The smallest absolute Gasteiger partial charge is 0.382 e. The topological polar surface area (TPSA) is 35.6 Å². The summed E-state index contributed by atoms with van der Waals surface area (Å²) in [6.45, 7) is 4.43. The van der Waals surface area contributed by atoms with Crippen molar-refractivity contribution in [2.45, 2.75) is 61.4 Å². The number of thioether (sulfide) groups is 1. The number of halogens is 5. The van der Waals surface area contributed by atoms with Crippen molar-refractivity contribution in [2.75, 3.05) is 38.0 Å². The summed E-state index contributed by atoms with van der Waals surface area (Å²) in [4.78, 5) is 17.1. The summed E-state index contributed by atoms with van der Waals surface area (Å²) >= 11 is 11.7. The van der Waals surface area contributed by atoms with E-state index < -0.39 is 5.51 Å². The molecule has 0 radical (unpaired) electrons. The molecule has 0 aromatic heterocycles. The van der Waals surface area contributed by atoms with Crippen LogP contribution in [0, 0.1) is 5.92 Å². The van der Waals surface area contributed by atoms with E-state index in [2.05, 4.69) is 22.3 Å². The number of hydrogen-bond acceptors (Lipinski definition) is 4. The minimum absolute atomic E-state index is 0.0115. The van der Waals surface area contributed by atoms with Crippen molar-refractivity contribution in [3.63, 3.8) is 0 Å². The maximum atomic E-state index is 12.8. The second kappa shape index (κ2) is 13.6. The molecule has 2 aliphatic heterocycles. The number of likely N-dealkylation sites (tertiary alicyclic amines) is 2. The van der Waals surface area contributed by atoms with Gasteiger partial charge in [-0.05, 0) is 112 Å². The van der Waals surface area contributed by atoms with Crippen LogP contribution in [-0.2, 0) is 11.2 Å². The number of nitrogens with one attached hydrogen (secondary N) is 1. The molecule has 0 spiro atoms. The fourth-order valence-corrected chi connectivity index (χ4v) is 6.25. The van der Waals surface area contributed by atoms with Crippen LogP contribution in [0.25, 0.3) is 0 Å². The lowest BCUT2D eigenvalue weighted by molar-refractivity contribution is -0.132. The number of carbonyl (C=O) groups excluding carboxylic acids is 1. The Morgan fingerprint density at radius 2 is 1.66 bits per heavy atom. The van der Waals surface area contributed by atoms with E-state index in [0.717, 1.165) is 50.3 Å². The Bertz CT molecular complexity index is 1050. The first-order valence-corrected chi connectivity index (χ1v) is 14.8. The van der Waals surface area contributed by atoms with E-state index in [1.165, 1.54) is 30.5 Å². The zero-order valence-electron chi connectivity index (χ0n) is 21.3. The fraction of sp³-hybridized carbons (Fsp3) is 0.536. The maximum Gasteiger partial charge on any atom is 0.446 e. The maximum absolute atomic E-state index is 12.8. The van der Waals surface area contributed by atoms with Crippen molar-refractivity contribution >= 4 is 46.6 Å². The zero-order valence-corrected chi connectivity index (χ0v) is 23.6. The highest BCUT2D eigenvalue weighted by Gasteiger charge is 2.31. The number of hydrogen-bond donors (Lipinski definition) is 1. The third kappa shape index (κ3) is 9.25. The Hall–Kier alpha value is -1.61. The second-order valence-corrected chi connectivity index (χ2v) is 12.2. The van der Waals surface area contributed by atoms with Gasteiger partial charge in [0, 0.05) is 41.2 Å². The standard InChI is InChI=1S/C28H34Cl2F3N3OS/c29-22-5-3-20(4-6-22)18-21-9-14-35(15-10-21)13-1-2-27(37)36-16-11-23(12-17-36)34-24-7-8-25(30)26(19-24)38-28(31,32)33/h3-8,19,21,23,34H,1-2,9-18H2. The highest BCUT2D eigenvalue weighted by atomic mass is 35.5. The minimum Gasteiger partial charge on any atom is -0.382 e. The summed E-state index contributed by atoms with van der Waals surface area (Å²) in [5, 5.41) is 4.17. The van der Waals surface area contributed by atoms with Gasteiger partial charge in [0.05, 0.1) is 5.02 Å². The summed E-state index contributed by atoms with van der Waals surface area (Å²) in [5.41, 5.74) is -2.43. The van der Waals surface area contributed by atoms with Gasteiger partial charge < -0.3 is 15.1 Å². The SMILES string of the molecule is O=C(CCCN1CCC(Cc2ccc(Cl)cc2)CC1)N1CCC(Nc2ccc(Cl)c(SC(F)(F)F)c2)CC1. The predicted octanol–water partition coefficient (Wildman–Crippen LogP) is 7.74. The number of carbonyl (C=O) groups is 1. The summed E-state index contributed by atoms with van der Waals surface area (Å²) < 4.78 is 38.3. The number of rotatable bonds is 9. The zero-order chi connectivity index (χ0) is 27.1. The molecule has 2 aliphatic rings. The molecule has 0 unspecified atom stereocenters. The third-order valence-electron chi connectivity index (χ3n) is 7.39. The number of amides is 1. The van der Waals surface area contributed by atoms with Crippen LogP contribution in [0.2, 0.25) is 10.0 Å². The minimum atomic E-state index is -4.39. The lowest BCUT2D eigenvalue weighted by atomic mass is 9.90. The van der Waals surface area contributed by atoms with Crippen molar-refractivity contribution in [1.82, 2.24) is 9.80 Å². The van der Waals surface area contributed by atoms with Crippen LogP contribution in [0.15, 0.2) is 47.4 Å². The third-order valence-corrected chi connectivity index (χ3v) is 8.87. The monoisotopic (exact) mass is 587 g/mol. The fourth-order valence-electron chi connectivity index (χ4n) is 5.28. The Morgan fingerprint density at radius 1 is 0.974 bits per heavy atom. The van der Waals surface area contributed by atoms with E-state index in [1.807, 2.05) is 17.0 Å². The van der Waals surface area contributed by atoms with Crippen LogP contribution in [0.5, 0.6) is 0 Å². The first kappa shape index (κ1) is 29.4. The van der Waals surface area contributed by atoms with Crippen LogP contribution in [0.3, 0.4) is 0 Å². The second-order valence-electron chi connectivity index (χ2n) is 10.2. The normalized spacial score (nSPS) is 18.1. The molecule has 1 N–H and O–H groups in total. The number of alkyl halides is 3. The molecular formula is C28H34Cl2F3N3OS. The first-order valence-electron chi connectivity index (χ1n) is 13.2. The van der Waals surface area contributed by atoms with Gasteiger partial charge in [-0.1, -0.05) is 35.3 Å². The van der Waals surface area contributed by atoms with E-state index in [0.29, 0.717) is 31.1 Å². The van der Waals surface area contributed by atoms with Crippen molar-refractivity contribution < 1.29 is 18.0 Å². The summed E-state index contributed by atoms with van der Waals surface area (Å²) in [7, 11) is 0. The molecule has 4 nitrogen and oxygen atoms in total. The lowest BCUT2D eigenvalue weighted by Crippen LogP contribution is -2.42. The van der Waals surface area contributed by atoms with E-state index in [1.54, 1.807) is 6.07 Å². The van der Waals surface area contributed by atoms with Gasteiger partial charge in [-0.15, -0.1) is 0 Å². The molecule has 4 rings (SSSR count). The Balaban J connectivity index is 1.12. The summed E-state index contributed by atoms with van der Waals surface area (Å²) in [6, 6.07) is 12.9. The van der Waals surface area contributed by atoms with Crippen LogP contribution in [0.1, 0.15) is 44.1 Å². The Labute approximate surface area is 237 Å². The molecule has 2 aromatic carbocycles. The molecule has 0 saturated carbocycles. The predicted molar refractivity (Wildman–Crippen MR) is 150 cm³/mol. The number of benzene rings is 2. The Kier molecular flexibility index (Phi) is 10.5. The van der Waals surface area contributed by atoms with Gasteiger partial charge in [0.25, 0.3) is 0 Å². The van der Waals surface area contributed by atoms with Crippen LogP contribution in [0.4, 0.5) is 18.9 Å². The molecule has 2 fully saturated rings. The lowest BCUT2D eigenvalue weighted by Gasteiger charge is -2.34. The number of nitrogens with zero attached hydrogens (tertiary/aromatic N) is 2. The number of anilines is 1. The summed E-state index contributed by atoms with van der Waals surface area (Å²) in [6.07, 6.45) is 6.40. The van der Waals surface area contributed by atoms with E-state index in [4.69, 9.17) is 23.2 Å². The molecule has 0 bridgehead atoms. The van der Waals surface area contributed by atoms with Crippen LogP contribution < -0.4 is 5.32 Å². The van der Waals surface area contributed by atoms with Gasteiger partial charge in [-0.2, -0.15) is 13.2 Å². The van der Waals surface area contributed by atoms with Crippen LogP contribution in [-0.4, -0.2) is 60.0 Å². The number of piperidine rings is 2. The van der Waals surface area contributed by atoms with E-state index >= 15 is 0 Å². The van der Waals surface area contributed by atoms with Gasteiger partial charge in [0.2, 0.25) is 5.91 Å². The van der Waals surface area contributed by atoms with Gasteiger partial charge in [-0.3, -0.25) is 4.79 Å². The highest BCUT2D eigenvalue weighted by Crippen LogP contribution is 2.41. The average Bonchev–Trinajstić information content (AvgIpc) is 2.88. The molecular weight excluding hydrogens is 554 g/mol. The quantitative estimate of drug-likeness (QED) is 0.304. The molecule has 38 heavy (non-hydrogen) atoms. The van der Waals surface area contributed by atoms with Gasteiger partial charge >= 0.3 is 5.51 Å². The van der Waals surface area contributed by atoms with E-state index in [9.17, 15) is 18.0 Å². The van der Waals surface area contributed by atoms with Crippen molar-refractivity contribution in [3.05, 3.63) is 58.1 Å². The molecule has 0 atom stereocenters. The van der Waals surface area contributed by atoms with Crippen LogP contribution >= 0.6 is 35.0 Å². The van der Waals surface area contributed by atoms with Crippen molar-refractivity contribution in [2.24, 2.45) is 5.92 Å². The molecule has 2 saturated heterocycles. The highest BCUT2D eigenvalue weighted by molar-refractivity contribution is 8.00. The van der Waals surface area contributed by atoms with Gasteiger partial charge in [0.1, 0.15) is 0 Å². The molecule has 2 heterocycles. The Morgan fingerprint density at radius 3 is 2.32 bits per heavy atom. The molecule has 208 valence electrons. The molecule has 2 aromatic rings. The van der Waals surface area contributed by atoms with Gasteiger partial charge in [-0.25, -0.2) is 0 Å². The van der Waals surface area contributed by atoms with Crippen molar-refractivity contribution in [1.29, 1.82) is 0 Å². The largest absolute Gasteiger partial charge is 0.446 e. The van der Waals surface area contributed by atoms with Crippen molar-refractivity contribution in [3.8, 4) is 0 Å². The molecule has 10 heteroatoms. The summed E-state index contributed by atoms with van der Waals surface area (Å²) in [5.74, 6) is 0.892. The first-order chi connectivity index (χ1) is 18.1. The van der Waals surface area contributed by atoms with E-state index in [-0.39, 0.29) is 33.6 Å². The molecule has 0 aliphatic carbocycles.